The van der Waals surface area contributed by atoms with Gasteiger partial charge >= 0.3 is 5.97 Å². The first-order valence-corrected chi connectivity index (χ1v) is 17.7. The fraction of sp³-hybridized carbons (Fsp3) is 0.725. The highest BCUT2D eigenvalue weighted by molar-refractivity contribution is 5.87. The predicted octanol–water partition coefficient (Wildman–Crippen LogP) is 9.12. The Balaban J connectivity index is 1.15. The number of hydrogen-bond donors (Lipinski definition) is 2. The Hall–Kier alpha value is -2.27. The van der Waals surface area contributed by atoms with Gasteiger partial charge in [-0.1, -0.05) is 52.8 Å². The van der Waals surface area contributed by atoms with Gasteiger partial charge in [0, 0.05) is 11.5 Å². The highest BCUT2D eigenvalue weighted by Crippen LogP contribution is 2.89. The van der Waals surface area contributed by atoms with Crippen LogP contribution < -0.4 is 4.74 Å². The molecule has 0 heterocycles. The molecule has 0 radical (unpaired) electrons. The van der Waals surface area contributed by atoms with Gasteiger partial charge in [0.1, 0.15) is 6.10 Å². The van der Waals surface area contributed by atoms with Crippen LogP contribution in [-0.4, -0.2) is 35.0 Å². The Morgan fingerprint density at radius 2 is 1.71 bits per heavy atom. The molecule has 9 atom stereocenters. The van der Waals surface area contributed by atoms with E-state index in [1.807, 2.05) is 19.9 Å². The zero-order valence-corrected chi connectivity index (χ0v) is 29.1. The van der Waals surface area contributed by atoms with Crippen molar-refractivity contribution in [3.05, 3.63) is 42.0 Å². The average Bonchev–Trinajstić information content (AvgIpc) is 3.55. The zero-order valence-electron chi connectivity index (χ0n) is 29.1. The first-order chi connectivity index (χ1) is 21.0. The predicted molar refractivity (Wildman–Crippen MR) is 180 cm³/mol. The molecule has 248 valence electrons. The van der Waals surface area contributed by atoms with Crippen LogP contribution in [0.5, 0.6) is 11.5 Å². The summed E-state index contributed by atoms with van der Waals surface area (Å²) < 4.78 is 11.4. The van der Waals surface area contributed by atoms with Gasteiger partial charge in [-0.2, -0.15) is 0 Å². The van der Waals surface area contributed by atoms with Gasteiger partial charge in [0.2, 0.25) is 0 Å². The van der Waals surface area contributed by atoms with Crippen LogP contribution in [0.25, 0.3) is 6.08 Å². The van der Waals surface area contributed by atoms with E-state index in [1.54, 1.807) is 24.3 Å². The van der Waals surface area contributed by atoms with Crippen molar-refractivity contribution in [2.24, 2.45) is 50.7 Å². The van der Waals surface area contributed by atoms with Crippen molar-refractivity contribution < 1.29 is 24.5 Å². The Labute approximate surface area is 271 Å². The fourth-order valence-electron chi connectivity index (χ4n) is 12.4. The van der Waals surface area contributed by atoms with Crippen molar-refractivity contribution in [1.29, 1.82) is 0 Å². The van der Waals surface area contributed by atoms with Crippen molar-refractivity contribution in [2.45, 2.75) is 124 Å². The van der Waals surface area contributed by atoms with Crippen LogP contribution in [0, 0.1) is 50.7 Å². The van der Waals surface area contributed by atoms with E-state index in [0.717, 1.165) is 30.2 Å². The summed E-state index contributed by atoms with van der Waals surface area (Å²) in [4.78, 5) is 13.1. The maximum atomic E-state index is 13.1. The number of benzene rings is 1. The van der Waals surface area contributed by atoms with E-state index >= 15 is 0 Å². The second-order valence-electron chi connectivity index (χ2n) is 17.5. The van der Waals surface area contributed by atoms with Gasteiger partial charge in [0.15, 0.2) is 11.5 Å². The Morgan fingerprint density at radius 1 is 1.00 bits per heavy atom. The summed E-state index contributed by atoms with van der Waals surface area (Å²) in [6.07, 6.45) is 19.9. The lowest BCUT2D eigenvalue weighted by Crippen LogP contribution is -2.58. The minimum Gasteiger partial charge on any atom is -0.504 e. The molecular formula is C40H58O5. The van der Waals surface area contributed by atoms with Gasteiger partial charge in [0.05, 0.1) is 12.7 Å². The molecule has 2 spiro atoms. The number of carbonyl (C=O) groups is 1. The molecule has 1 aromatic rings. The summed E-state index contributed by atoms with van der Waals surface area (Å²) in [5.74, 6) is 2.93. The van der Waals surface area contributed by atoms with Gasteiger partial charge < -0.3 is 19.7 Å². The van der Waals surface area contributed by atoms with Crippen LogP contribution >= 0.6 is 0 Å². The Kier molecular flexibility index (Phi) is 7.90. The number of carbonyl (C=O) groups excluding carboxylic acids is 1. The third kappa shape index (κ3) is 5.00. The molecule has 0 unspecified atom stereocenters. The van der Waals surface area contributed by atoms with Crippen LogP contribution in [0.15, 0.2) is 36.4 Å². The molecule has 5 aliphatic carbocycles. The maximum Gasteiger partial charge on any atom is 0.331 e. The third-order valence-corrected chi connectivity index (χ3v) is 14.7. The quantitative estimate of drug-likeness (QED) is 0.173. The number of esters is 1. The summed E-state index contributed by atoms with van der Waals surface area (Å²) >= 11 is 0. The molecule has 5 heteroatoms. The number of ether oxygens (including phenoxy) is 2. The number of aromatic hydroxyl groups is 1. The summed E-state index contributed by atoms with van der Waals surface area (Å²) in [6.45, 7) is 16.3. The molecule has 0 bridgehead atoms. The third-order valence-electron chi connectivity index (χ3n) is 14.7. The van der Waals surface area contributed by atoms with Gasteiger partial charge in [0.25, 0.3) is 0 Å². The molecule has 2 N–H and O–H groups in total. The molecule has 6 rings (SSSR count). The summed E-state index contributed by atoms with van der Waals surface area (Å²) in [6, 6.07) is 5.06. The number of rotatable bonds is 8. The van der Waals surface area contributed by atoms with Gasteiger partial charge in [-0.3, -0.25) is 0 Å². The van der Waals surface area contributed by atoms with Gasteiger partial charge in [-0.05, 0) is 147 Å². The average molecular weight is 619 g/mol. The number of methoxy groups -OCH3 is 1. The number of hydrogen-bond acceptors (Lipinski definition) is 5. The van der Waals surface area contributed by atoms with E-state index in [4.69, 9.17) is 9.47 Å². The van der Waals surface area contributed by atoms with E-state index in [1.165, 1.54) is 64.6 Å². The number of phenolic OH excluding ortho intramolecular Hbond substituents is 1. The normalized spacial score (nSPS) is 40.7. The first kappa shape index (κ1) is 32.7. The smallest absolute Gasteiger partial charge is 0.331 e. The second kappa shape index (κ2) is 10.9. The molecule has 5 saturated carbocycles. The van der Waals surface area contributed by atoms with Crippen molar-refractivity contribution >= 4 is 12.0 Å². The molecule has 45 heavy (non-hydrogen) atoms. The molecule has 0 aliphatic heterocycles. The van der Waals surface area contributed by atoms with Gasteiger partial charge in [-0.25, -0.2) is 4.79 Å². The van der Waals surface area contributed by atoms with E-state index in [2.05, 4.69) is 40.7 Å². The van der Waals surface area contributed by atoms with Crippen molar-refractivity contribution in [1.82, 2.24) is 0 Å². The molecule has 5 nitrogen and oxygen atoms in total. The number of allylic oxidation sites excluding steroid dienone is 1. The highest BCUT2D eigenvalue weighted by Gasteiger charge is 2.82. The first-order valence-electron chi connectivity index (χ1n) is 17.7. The van der Waals surface area contributed by atoms with Crippen LogP contribution in [-0.2, 0) is 9.53 Å². The highest BCUT2D eigenvalue weighted by atomic mass is 16.5. The molecule has 0 saturated heterocycles. The van der Waals surface area contributed by atoms with Crippen LogP contribution in [0.3, 0.4) is 0 Å². The van der Waals surface area contributed by atoms with Crippen LogP contribution in [0.2, 0.25) is 0 Å². The van der Waals surface area contributed by atoms with E-state index in [0.29, 0.717) is 39.2 Å². The molecule has 0 amide bonds. The van der Waals surface area contributed by atoms with E-state index in [-0.39, 0.29) is 23.2 Å². The number of phenols is 1. The van der Waals surface area contributed by atoms with E-state index < -0.39 is 5.60 Å². The van der Waals surface area contributed by atoms with Crippen molar-refractivity contribution in [2.75, 3.05) is 7.11 Å². The summed E-state index contributed by atoms with van der Waals surface area (Å²) in [5.41, 5.74) is 1.62. The molecule has 5 fully saturated rings. The topological polar surface area (TPSA) is 76.0 Å². The molecule has 1 aromatic carbocycles. The Bertz CT molecular complexity index is 1370. The minimum absolute atomic E-state index is 0.0564. The van der Waals surface area contributed by atoms with Gasteiger partial charge in [-0.15, -0.1) is 0 Å². The largest absolute Gasteiger partial charge is 0.504 e. The van der Waals surface area contributed by atoms with E-state index in [9.17, 15) is 15.0 Å². The van der Waals surface area contributed by atoms with Crippen molar-refractivity contribution in [3.8, 4) is 11.5 Å². The van der Waals surface area contributed by atoms with Crippen LogP contribution in [0.4, 0.5) is 0 Å². The lowest BCUT2D eigenvalue weighted by molar-refractivity contribution is -0.179. The van der Waals surface area contributed by atoms with Crippen molar-refractivity contribution in [3.63, 3.8) is 0 Å². The molecular weight excluding hydrogens is 560 g/mol. The van der Waals surface area contributed by atoms with Crippen LogP contribution in [0.1, 0.15) is 118 Å². The summed E-state index contributed by atoms with van der Waals surface area (Å²) in [7, 11) is 1.52. The second-order valence-corrected chi connectivity index (χ2v) is 17.5. The summed E-state index contributed by atoms with van der Waals surface area (Å²) in [5, 5.41) is 20.1. The fourth-order valence-corrected chi connectivity index (χ4v) is 12.4. The minimum atomic E-state index is -0.742. The SMILES string of the molecule is COc1cc(/C=C/C(=O)O[C@H]2CC[C@]34C[C@]35CC[C@]3(C)[C@@H]([C@H](C)C/C=C\C(C)(C)O)CC[C@@]3(C)[C@@H]5CC[C@H]4C2(C)C)ccc1O. The standard InChI is InChI=1S/C40H58O5/c1-26(10-9-19-35(2,3)43)28-17-20-38(7)32-15-14-31-36(4,5)33(18-21-39(31)25-40(32,39)23-22-37(28,38)6)45-34(42)16-12-27-11-13-29(41)30(24-27)44-8/h9,11-13,16,19,24,26,28,31-33,41,43H,10,14-15,17-18,20-23,25H2,1-8H3/b16-12+,19-9-/t26-,28-,31+,32+,33+,37-,38+,39-,40+/m1/s1. The lowest BCUT2D eigenvalue weighted by Gasteiger charge is -2.63. The molecule has 0 aromatic heterocycles. The maximum absolute atomic E-state index is 13.1. The Morgan fingerprint density at radius 3 is 2.42 bits per heavy atom. The zero-order chi connectivity index (χ0) is 32.6. The number of aliphatic hydroxyl groups is 1. The number of fused-ring (bicyclic) bond motifs is 2. The lowest BCUT2D eigenvalue weighted by atomic mass is 9.41. The molecule has 5 aliphatic rings. The monoisotopic (exact) mass is 618 g/mol.